The molecule has 160 valence electrons. The molecule has 0 saturated heterocycles. The van der Waals surface area contributed by atoms with E-state index in [9.17, 15) is 9.59 Å². The van der Waals surface area contributed by atoms with Gasteiger partial charge < -0.3 is 20.1 Å². The van der Waals surface area contributed by atoms with Crippen LogP contribution >= 0.6 is 11.6 Å². The fourth-order valence-electron chi connectivity index (χ4n) is 3.67. The summed E-state index contributed by atoms with van der Waals surface area (Å²) >= 11 is 5.96. The Bertz CT molecular complexity index is 1170. The van der Waals surface area contributed by atoms with Gasteiger partial charge in [-0.15, -0.1) is 0 Å². The van der Waals surface area contributed by atoms with E-state index in [4.69, 9.17) is 21.1 Å². The maximum absolute atomic E-state index is 12.6. The molecule has 3 aromatic rings. The number of benzene rings is 2. The maximum atomic E-state index is 12.6. The fraction of sp³-hybridized carbons (Fsp3) is 0.227. The van der Waals surface area contributed by atoms with E-state index in [0.717, 1.165) is 16.8 Å². The summed E-state index contributed by atoms with van der Waals surface area (Å²) < 4.78 is 12.3. The number of halogens is 1. The summed E-state index contributed by atoms with van der Waals surface area (Å²) in [5, 5.41) is 10.7. The number of anilines is 2. The minimum Gasteiger partial charge on any atom is -0.493 e. The number of nitrogens with zero attached hydrogens (tertiary/aromatic N) is 2. The van der Waals surface area contributed by atoms with Crippen molar-refractivity contribution in [3.63, 3.8) is 0 Å². The Labute approximate surface area is 184 Å². The second-order valence-corrected chi connectivity index (χ2v) is 7.53. The van der Waals surface area contributed by atoms with E-state index in [1.54, 1.807) is 49.2 Å². The summed E-state index contributed by atoms with van der Waals surface area (Å²) in [5.41, 5.74) is 2.88. The molecule has 2 heterocycles. The minimum atomic E-state index is -0.748. The van der Waals surface area contributed by atoms with E-state index in [2.05, 4.69) is 15.7 Å². The molecule has 0 radical (unpaired) electrons. The predicted octanol–water partition coefficient (Wildman–Crippen LogP) is 4.05. The zero-order valence-electron chi connectivity index (χ0n) is 17.2. The van der Waals surface area contributed by atoms with E-state index in [-0.39, 0.29) is 18.2 Å². The highest BCUT2D eigenvalue weighted by atomic mass is 35.5. The van der Waals surface area contributed by atoms with Gasteiger partial charge >= 0.3 is 0 Å². The van der Waals surface area contributed by atoms with Crippen LogP contribution in [0.2, 0.25) is 5.02 Å². The zero-order chi connectivity index (χ0) is 22.1. The van der Waals surface area contributed by atoms with Crippen molar-refractivity contribution in [3.05, 3.63) is 53.2 Å². The van der Waals surface area contributed by atoms with Gasteiger partial charge in [-0.05, 0) is 42.8 Å². The Morgan fingerprint density at radius 1 is 1.19 bits per heavy atom. The maximum Gasteiger partial charge on any atom is 0.251 e. The van der Waals surface area contributed by atoms with Crippen molar-refractivity contribution in [3.8, 4) is 22.6 Å². The van der Waals surface area contributed by atoms with Gasteiger partial charge in [0.05, 0.1) is 26.3 Å². The minimum absolute atomic E-state index is 0.0577. The number of nitrogens with one attached hydrogen (secondary N) is 2. The number of rotatable bonds is 6. The molecule has 0 aliphatic carbocycles. The molecule has 1 atom stereocenters. The van der Waals surface area contributed by atoms with Crippen molar-refractivity contribution >= 4 is 34.9 Å². The lowest BCUT2D eigenvalue weighted by Gasteiger charge is -2.10. The smallest absolute Gasteiger partial charge is 0.251 e. The number of hydrogen-bond donors (Lipinski definition) is 2. The van der Waals surface area contributed by atoms with Gasteiger partial charge in [0.25, 0.3) is 5.91 Å². The number of carbonyl (C=O) groups is 2. The number of aryl methyl sites for hydroxylation is 1. The molecule has 2 amide bonds. The molecule has 1 aliphatic heterocycles. The van der Waals surface area contributed by atoms with Crippen molar-refractivity contribution in [2.24, 2.45) is 0 Å². The third-order valence-electron chi connectivity index (χ3n) is 5.08. The molecule has 0 spiro atoms. The van der Waals surface area contributed by atoms with Crippen LogP contribution in [0.25, 0.3) is 11.1 Å². The average Bonchev–Trinajstić information content (AvgIpc) is 3.21. The molecule has 2 N–H and O–H groups in total. The highest BCUT2D eigenvalue weighted by Gasteiger charge is 2.36. The lowest BCUT2D eigenvalue weighted by Crippen LogP contribution is -2.23. The summed E-state index contributed by atoms with van der Waals surface area (Å²) in [7, 11) is 3.13. The summed E-state index contributed by atoms with van der Waals surface area (Å²) in [6.45, 7) is 1.85. The summed E-state index contributed by atoms with van der Waals surface area (Å²) in [4.78, 5) is 25.2. The fourth-order valence-corrected chi connectivity index (χ4v) is 3.86. The highest BCUT2D eigenvalue weighted by Crippen LogP contribution is 2.41. The first-order chi connectivity index (χ1) is 14.9. The predicted molar refractivity (Wildman–Crippen MR) is 118 cm³/mol. The lowest BCUT2D eigenvalue weighted by atomic mass is 10.1. The van der Waals surface area contributed by atoms with E-state index < -0.39 is 6.04 Å². The van der Waals surface area contributed by atoms with Crippen LogP contribution in [0.5, 0.6) is 11.5 Å². The summed E-state index contributed by atoms with van der Waals surface area (Å²) in [6, 6.07) is 11.6. The van der Waals surface area contributed by atoms with Crippen molar-refractivity contribution in [1.29, 1.82) is 0 Å². The monoisotopic (exact) mass is 440 g/mol. The number of amides is 2. The molecule has 2 aromatic carbocycles. The number of fused-ring (bicyclic) bond motifs is 1. The Balaban J connectivity index is 1.61. The average molecular weight is 441 g/mol. The van der Waals surface area contributed by atoms with E-state index in [0.29, 0.717) is 28.0 Å². The third-order valence-corrected chi connectivity index (χ3v) is 5.32. The van der Waals surface area contributed by atoms with Gasteiger partial charge in [0.15, 0.2) is 11.5 Å². The quantitative estimate of drug-likeness (QED) is 0.603. The zero-order valence-corrected chi connectivity index (χ0v) is 18.0. The number of hydrogen-bond acceptors (Lipinski definition) is 5. The van der Waals surface area contributed by atoms with E-state index in [1.165, 1.54) is 0 Å². The Hall–Kier alpha value is -3.52. The number of carbonyl (C=O) groups excluding carboxylic acids is 2. The van der Waals surface area contributed by atoms with Gasteiger partial charge in [0.2, 0.25) is 5.91 Å². The van der Waals surface area contributed by atoms with Crippen LogP contribution in [0.1, 0.15) is 18.2 Å². The first-order valence-electron chi connectivity index (χ1n) is 9.59. The van der Waals surface area contributed by atoms with Crippen LogP contribution in [-0.2, 0) is 9.59 Å². The molecule has 0 fully saturated rings. The SMILES string of the molecule is COc1ccc(-c2c(C)nn3c2NC(=O)C3CC(=O)Nc2cccc(Cl)c2)cc1OC. The standard InChI is InChI=1S/C22H21ClN4O4/c1-12-20(13-7-8-17(30-2)18(9-13)31-3)21-25-22(29)16(27(21)26-12)11-19(28)24-15-6-4-5-14(23)10-15/h4-10,16H,11H2,1-3H3,(H,24,28)(H,25,29). The third kappa shape index (κ3) is 3.94. The van der Waals surface area contributed by atoms with Crippen LogP contribution in [0, 0.1) is 6.92 Å². The van der Waals surface area contributed by atoms with Gasteiger partial charge in [0.1, 0.15) is 11.9 Å². The van der Waals surface area contributed by atoms with Gasteiger partial charge in [-0.3, -0.25) is 9.59 Å². The second kappa shape index (κ2) is 8.31. The Kier molecular flexibility index (Phi) is 5.56. The van der Waals surface area contributed by atoms with Crippen molar-refractivity contribution in [1.82, 2.24) is 9.78 Å². The van der Waals surface area contributed by atoms with Crippen molar-refractivity contribution in [2.45, 2.75) is 19.4 Å². The second-order valence-electron chi connectivity index (χ2n) is 7.09. The molecule has 1 unspecified atom stereocenters. The largest absolute Gasteiger partial charge is 0.493 e. The van der Waals surface area contributed by atoms with Gasteiger partial charge in [-0.1, -0.05) is 23.7 Å². The number of methoxy groups -OCH3 is 2. The molecule has 9 heteroatoms. The molecule has 8 nitrogen and oxygen atoms in total. The molecular weight excluding hydrogens is 420 g/mol. The van der Waals surface area contributed by atoms with Gasteiger partial charge in [-0.2, -0.15) is 5.10 Å². The number of aromatic nitrogens is 2. The topological polar surface area (TPSA) is 94.5 Å². The van der Waals surface area contributed by atoms with Gasteiger partial charge in [-0.25, -0.2) is 4.68 Å². The molecule has 1 aliphatic rings. The first kappa shape index (κ1) is 20.7. The van der Waals surface area contributed by atoms with E-state index in [1.807, 2.05) is 19.1 Å². The molecule has 0 saturated carbocycles. The Morgan fingerprint density at radius 2 is 1.97 bits per heavy atom. The van der Waals surface area contributed by atoms with Gasteiger partial charge in [0, 0.05) is 16.3 Å². The first-order valence-corrected chi connectivity index (χ1v) is 9.97. The van der Waals surface area contributed by atoms with Crippen molar-refractivity contribution < 1.29 is 19.1 Å². The highest BCUT2D eigenvalue weighted by molar-refractivity contribution is 6.30. The number of ether oxygens (including phenoxy) is 2. The molecule has 0 bridgehead atoms. The van der Waals surface area contributed by atoms with Crippen LogP contribution in [-0.4, -0.2) is 35.8 Å². The van der Waals surface area contributed by atoms with Crippen molar-refractivity contribution in [2.75, 3.05) is 24.9 Å². The molecular formula is C22H21ClN4O4. The molecule has 31 heavy (non-hydrogen) atoms. The molecule has 1 aromatic heterocycles. The van der Waals surface area contributed by atoms with E-state index >= 15 is 0 Å². The van der Waals surface area contributed by atoms with Crippen LogP contribution in [0.3, 0.4) is 0 Å². The lowest BCUT2D eigenvalue weighted by molar-refractivity contribution is -0.123. The van der Waals surface area contributed by atoms with Crippen LogP contribution in [0.15, 0.2) is 42.5 Å². The normalized spacial score (nSPS) is 14.7. The van der Waals surface area contributed by atoms with Crippen LogP contribution < -0.4 is 20.1 Å². The summed E-state index contributed by atoms with van der Waals surface area (Å²) in [6.07, 6.45) is -0.0577. The summed E-state index contributed by atoms with van der Waals surface area (Å²) in [5.74, 6) is 1.13. The Morgan fingerprint density at radius 3 is 2.68 bits per heavy atom. The molecule has 4 rings (SSSR count). The van der Waals surface area contributed by atoms with Crippen LogP contribution in [0.4, 0.5) is 11.5 Å².